The molecule has 1 aromatic carbocycles. The summed E-state index contributed by atoms with van der Waals surface area (Å²) in [5.74, 6) is -6.32. The van der Waals surface area contributed by atoms with E-state index in [0.29, 0.717) is 28.7 Å². The number of aryl methyl sites for hydroxylation is 2. The molecule has 7 amide bonds. The van der Waals surface area contributed by atoms with Crippen molar-refractivity contribution in [1.29, 1.82) is 0 Å². The van der Waals surface area contributed by atoms with Crippen LogP contribution in [0.4, 0.5) is 0 Å². The zero-order chi connectivity index (χ0) is 66.7. The SMILES string of the molecule is C/C1=C2/N[C@@](C)([C@@H]3N[C@@H](/C(C)=C4\NC(/C=C5\N[C@@H]1[C@@](C)(CC(N)=O)[C@@H]5CCC(N)=O)C(C)(C)[C@@H]4CCC(N)=O)[C@](C)(CCC(=O)NC[C@@H](C)OP(=O)(O)O[C@H]1[C@@H](O)[C@@H](n4cnc5cc(C)c(C)cc54)O[C@@H]1CO)[C@H]3CC(N)=O)[C@@](C)(CC(N)=O)[C@@H]2CCC(N)=O. The molecule has 27 nitrogen and oxygen atoms in total. The fraction of sp³-hybridized carbons (Fsp3) is 0.677. The first kappa shape index (κ1) is 69.4. The number of primary amides is 6. The largest absolute Gasteiger partial charge is 0.472 e. The zero-order valence-electron chi connectivity index (χ0n) is 53.6. The smallest absolute Gasteiger partial charge is 0.394 e. The first-order chi connectivity index (χ1) is 41.8. The van der Waals surface area contributed by atoms with Crippen LogP contribution in [-0.2, 0) is 51.9 Å². The number of nitrogens with two attached hydrogens (primary N) is 6. The molecule has 28 heteroatoms. The van der Waals surface area contributed by atoms with E-state index in [1.54, 1.807) is 4.57 Å². The fourth-order valence-corrected chi connectivity index (χ4v) is 17.7. The number of carbonyl (C=O) groups is 7. The number of aromatic nitrogens is 2. The number of benzene rings is 1. The zero-order valence-corrected chi connectivity index (χ0v) is 54.5. The molecule has 20 N–H and O–H groups in total. The maximum absolute atomic E-state index is 14.4. The van der Waals surface area contributed by atoms with Gasteiger partial charge in [-0.2, -0.15) is 0 Å². The van der Waals surface area contributed by atoms with E-state index in [1.165, 1.54) is 13.3 Å². The van der Waals surface area contributed by atoms with Crippen LogP contribution in [0.2, 0.25) is 0 Å². The third-order valence-corrected chi connectivity index (χ3v) is 22.8. The molecule has 18 atom stereocenters. The summed E-state index contributed by atoms with van der Waals surface area (Å²) < 4.78 is 32.3. The van der Waals surface area contributed by atoms with E-state index in [0.717, 1.165) is 28.1 Å². The first-order valence-corrected chi connectivity index (χ1v) is 32.6. The number of allylic oxidation sites excluding steroid dienone is 3. The van der Waals surface area contributed by atoms with Gasteiger partial charge in [-0.05, 0) is 124 Å². The Bertz CT molecular complexity index is 3330. The molecule has 0 spiro atoms. The highest BCUT2D eigenvalue weighted by molar-refractivity contribution is 7.47. The molecule has 2 aromatic rings. The maximum Gasteiger partial charge on any atom is 0.472 e. The summed E-state index contributed by atoms with van der Waals surface area (Å²) in [6, 6.07) is 1.13. The Balaban J connectivity index is 1.17. The molecule has 7 heterocycles. The van der Waals surface area contributed by atoms with Crippen molar-refractivity contribution < 1.29 is 67.0 Å². The Labute approximate surface area is 525 Å². The summed E-state index contributed by atoms with van der Waals surface area (Å²) in [7, 11) is -5.05. The number of nitrogens with zero attached hydrogens (tertiary/aromatic N) is 2. The van der Waals surface area contributed by atoms with E-state index in [4.69, 9.17) is 48.2 Å². The van der Waals surface area contributed by atoms with Gasteiger partial charge < -0.3 is 85.4 Å². The van der Waals surface area contributed by atoms with Gasteiger partial charge >= 0.3 is 7.82 Å². The molecule has 5 fully saturated rings. The van der Waals surface area contributed by atoms with Gasteiger partial charge in [0.1, 0.15) is 18.3 Å². The van der Waals surface area contributed by atoms with E-state index in [2.05, 4.69) is 51.5 Å². The van der Waals surface area contributed by atoms with Crippen LogP contribution in [0.1, 0.15) is 150 Å². The number of ether oxygens (including phenoxy) is 1. The number of phosphoric ester groups is 1. The summed E-state index contributed by atoms with van der Waals surface area (Å²) in [6.07, 6.45) is -3.17. The number of aliphatic hydroxyl groups excluding tert-OH is 2. The molecule has 498 valence electrons. The molecule has 8 bridgehead atoms. The minimum Gasteiger partial charge on any atom is -0.394 e. The van der Waals surface area contributed by atoms with Gasteiger partial charge in [0.05, 0.1) is 47.7 Å². The van der Waals surface area contributed by atoms with Gasteiger partial charge in [-0.15, -0.1) is 0 Å². The number of imidazole rings is 1. The molecule has 90 heavy (non-hydrogen) atoms. The average molecular weight is 1280 g/mol. The molecule has 6 aliphatic rings. The Morgan fingerprint density at radius 2 is 1.36 bits per heavy atom. The molecule has 0 aliphatic carbocycles. The highest BCUT2D eigenvalue weighted by Crippen LogP contribution is 2.62. The third kappa shape index (κ3) is 13.2. The molecule has 6 aliphatic heterocycles. The maximum atomic E-state index is 14.4. The third-order valence-electron chi connectivity index (χ3n) is 21.7. The van der Waals surface area contributed by atoms with Crippen LogP contribution in [0, 0.1) is 59.2 Å². The van der Waals surface area contributed by atoms with Crippen molar-refractivity contribution in [3.05, 3.63) is 63.9 Å². The lowest BCUT2D eigenvalue weighted by atomic mass is 9.56. The van der Waals surface area contributed by atoms with Crippen molar-refractivity contribution >= 4 is 60.2 Å². The summed E-state index contributed by atoms with van der Waals surface area (Å²) in [4.78, 5) is 109. The van der Waals surface area contributed by atoms with Crippen molar-refractivity contribution in [2.75, 3.05) is 13.2 Å². The molecule has 2 unspecified atom stereocenters. The lowest BCUT2D eigenvalue weighted by Gasteiger charge is -2.49. The Morgan fingerprint density at radius 1 is 0.767 bits per heavy atom. The molecule has 0 radical (unpaired) electrons. The van der Waals surface area contributed by atoms with Crippen molar-refractivity contribution in [3.63, 3.8) is 0 Å². The van der Waals surface area contributed by atoms with Crippen molar-refractivity contribution in [1.82, 2.24) is 36.1 Å². The normalized spacial score (nSPS) is 36.7. The second-order valence-corrected chi connectivity index (χ2v) is 29.3. The molecule has 0 saturated carbocycles. The number of amides is 7. The van der Waals surface area contributed by atoms with Crippen LogP contribution in [0.25, 0.3) is 11.0 Å². The first-order valence-electron chi connectivity index (χ1n) is 31.1. The molecule has 5 saturated heterocycles. The molecule has 8 rings (SSSR count). The van der Waals surface area contributed by atoms with E-state index in [1.807, 2.05) is 67.5 Å². The number of nitrogens with one attached hydrogen (secondary N) is 5. The van der Waals surface area contributed by atoms with Crippen LogP contribution in [0.5, 0.6) is 0 Å². The number of hydrogen-bond donors (Lipinski definition) is 14. The van der Waals surface area contributed by atoms with Crippen LogP contribution in [-0.4, -0.2) is 133 Å². The van der Waals surface area contributed by atoms with Gasteiger partial charge in [0.25, 0.3) is 0 Å². The van der Waals surface area contributed by atoms with Crippen molar-refractivity contribution in [2.45, 2.75) is 207 Å². The van der Waals surface area contributed by atoms with Gasteiger partial charge in [0, 0.05) is 109 Å². The fourth-order valence-electron chi connectivity index (χ4n) is 16.6. The number of aliphatic hydroxyl groups is 2. The second kappa shape index (κ2) is 25.9. The van der Waals surface area contributed by atoms with Crippen molar-refractivity contribution in [3.8, 4) is 0 Å². The average Bonchev–Trinajstić information content (AvgIpc) is 1.53. The number of carbonyl (C=O) groups excluding carboxylic acids is 7. The van der Waals surface area contributed by atoms with Crippen LogP contribution in [0.15, 0.2) is 52.8 Å². The molecular formula is C62H96N13O14P. The van der Waals surface area contributed by atoms with E-state index in [-0.39, 0.29) is 76.7 Å². The van der Waals surface area contributed by atoms with E-state index >= 15 is 0 Å². The second-order valence-electron chi connectivity index (χ2n) is 28.0. The number of hydrogen-bond acceptors (Lipinski definition) is 18. The Kier molecular flexibility index (Phi) is 20.0. The minimum absolute atomic E-state index is 0.0214. The predicted molar refractivity (Wildman–Crippen MR) is 332 cm³/mol. The Hall–Kier alpha value is -6.45. The van der Waals surface area contributed by atoms with Gasteiger partial charge in [0.2, 0.25) is 41.4 Å². The summed E-state index contributed by atoms with van der Waals surface area (Å²) >= 11 is 0. The number of rotatable bonds is 26. The summed E-state index contributed by atoms with van der Waals surface area (Å²) in [5, 5.41) is 40.2. The lowest BCUT2D eigenvalue weighted by Crippen LogP contribution is -2.64. The standard InChI is InChI=1S/C62H96N13O14P/c1-29-20-39-40(21-30(29)2)75(28-70-39)57-52(84)53(41(27-76)87-57)89-90(85,86)88-31(3)26-69-49(83)18-19-59(8)37(22-46(66)80)56-62(11)61(10,25-48(68)82)36(14-17-45(65)79)51(74-62)33(5)55-60(9,24-47(67)81)34(12-15-43(63)77)38(71-55)23-42-58(6,7)35(13-16-44(64)78)50(72-42)32(4)54(59)73-56/h20-21,23,28,31,34-37,41-42,52-57,71-74,76,84H,12-19,22,24-27H2,1-11H3,(H2,63,77)(H2,64,78)(H2,65,79)(H2,66,80)(H2,67,81)(H2,68,82)(H,69,83)(H,85,86)/b38-23-,50-32-,51-33-/t31-,34-,35-,36-,37+,41-,42?,52-,53-,54+,55+,56-,57+,59-,60+,61+,62+/m1/s1. The number of phosphoric acid groups is 1. The quantitative estimate of drug-likeness (QED) is 0.0596. The Morgan fingerprint density at radius 3 is 1.94 bits per heavy atom. The summed E-state index contributed by atoms with van der Waals surface area (Å²) in [5.41, 5.74) is 38.0. The van der Waals surface area contributed by atoms with E-state index in [9.17, 15) is 53.2 Å². The van der Waals surface area contributed by atoms with Crippen LogP contribution >= 0.6 is 7.82 Å². The minimum atomic E-state index is -5.05. The van der Waals surface area contributed by atoms with Crippen molar-refractivity contribution in [2.24, 2.45) is 79.7 Å². The summed E-state index contributed by atoms with van der Waals surface area (Å²) in [6.45, 7) is 20.1. The van der Waals surface area contributed by atoms with Gasteiger partial charge in [0.15, 0.2) is 6.23 Å². The number of fused-ring (bicyclic) bond motifs is 10. The van der Waals surface area contributed by atoms with E-state index < -0.39 is 156 Å². The topological polar surface area (TPSA) is 459 Å². The predicted octanol–water partition coefficient (Wildman–Crippen LogP) is 1.71. The van der Waals surface area contributed by atoms with Gasteiger partial charge in [-0.25, -0.2) is 9.55 Å². The highest BCUT2D eigenvalue weighted by Gasteiger charge is 2.68. The monoisotopic (exact) mass is 1280 g/mol. The highest BCUT2D eigenvalue weighted by atomic mass is 31.2. The lowest BCUT2D eigenvalue weighted by molar-refractivity contribution is -0.124. The molecular weight excluding hydrogens is 1180 g/mol. The van der Waals surface area contributed by atoms with Crippen LogP contribution in [0.3, 0.4) is 0 Å². The van der Waals surface area contributed by atoms with Crippen LogP contribution < -0.4 is 61.0 Å². The van der Waals surface area contributed by atoms with Gasteiger partial charge in [-0.1, -0.05) is 34.6 Å². The molecule has 1 aromatic heterocycles. The van der Waals surface area contributed by atoms with Gasteiger partial charge in [-0.3, -0.25) is 42.6 Å².